The number of ether oxygens (including phenoxy) is 1. The fourth-order valence-electron chi connectivity index (χ4n) is 0.886. The van der Waals surface area contributed by atoms with E-state index in [0.717, 1.165) is 0 Å². The van der Waals surface area contributed by atoms with Crippen LogP contribution in [-0.4, -0.2) is 23.4 Å². The Morgan fingerprint density at radius 3 is 2.46 bits per heavy atom. The minimum Gasteiger partial charge on any atom is -0.497 e. The lowest BCUT2D eigenvalue weighted by Gasteiger charge is -2.00. The van der Waals surface area contributed by atoms with Crippen molar-refractivity contribution < 1.29 is 13.7 Å². The first-order valence-corrected chi connectivity index (χ1v) is 5.06. The Labute approximate surface area is 79.2 Å². The summed E-state index contributed by atoms with van der Waals surface area (Å²) >= 11 is 0. The van der Waals surface area contributed by atoms with Crippen molar-refractivity contribution in [1.82, 2.24) is 0 Å². The van der Waals surface area contributed by atoms with Crippen LogP contribution in [0.1, 0.15) is 0 Å². The number of aldehydes is 1. The molecule has 3 nitrogen and oxygen atoms in total. The van der Waals surface area contributed by atoms with Crippen LogP contribution in [0.4, 0.5) is 0 Å². The van der Waals surface area contributed by atoms with E-state index in [2.05, 4.69) is 0 Å². The molecule has 70 valence electrons. The van der Waals surface area contributed by atoms with Crippen molar-refractivity contribution in [1.29, 1.82) is 0 Å². The van der Waals surface area contributed by atoms with Gasteiger partial charge in [-0.15, -0.1) is 0 Å². The van der Waals surface area contributed by atoms with Crippen LogP contribution in [0.5, 0.6) is 5.75 Å². The highest BCUT2D eigenvalue weighted by molar-refractivity contribution is 7.85. The first-order chi connectivity index (χ1) is 6.27. The number of carbonyl (C=O) groups is 1. The van der Waals surface area contributed by atoms with Gasteiger partial charge in [0.1, 0.15) is 12.0 Å². The largest absolute Gasteiger partial charge is 0.497 e. The second kappa shape index (κ2) is 4.77. The standard InChI is InChI=1S/C9H10O3S/c1-12-8-2-4-9(5-3-8)13(11)7-6-10/h2-6H,7H2,1H3. The third kappa shape index (κ3) is 2.66. The lowest BCUT2D eigenvalue weighted by Crippen LogP contribution is -1.98. The zero-order valence-electron chi connectivity index (χ0n) is 7.23. The normalized spacial score (nSPS) is 12.1. The highest BCUT2D eigenvalue weighted by atomic mass is 32.2. The lowest BCUT2D eigenvalue weighted by molar-refractivity contribution is -0.105. The Bertz CT molecular complexity index is 305. The third-order valence-electron chi connectivity index (χ3n) is 1.54. The molecule has 0 radical (unpaired) electrons. The van der Waals surface area contributed by atoms with Gasteiger partial charge in [-0.05, 0) is 24.3 Å². The van der Waals surface area contributed by atoms with E-state index >= 15 is 0 Å². The first-order valence-electron chi connectivity index (χ1n) is 3.74. The van der Waals surface area contributed by atoms with Crippen LogP contribution in [0.3, 0.4) is 0 Å². The van der Waals surface area contributed by atoms with Gasteiger partial charge in [-0.3, -0.25) is 4.21 Å². The van der Waals surface area contributed by atoms with Crippen LogP contribution >= 0.6 is 0 Å². The Morgan fingerprint density at radius 1 is 1.38 bits per heavy atom. The number of carbonyl (C=O) groups excluding carboxylic acids is 1. The number of benzene rings is 1. The maximum absolute atomic E-state index is 11.3. The van der Waals surface area contributed by atoms with E-state index in [-0.39, 0.29) is 5.75 Å². The molecule has 0 amide bonds. The fourth-order valence-corrected chi connectivity index (χ4v) is 1.64. The topological polar surface area (TPSA) is 43.4 Å². The van der Waals surface area contributed by atoms with Crippen LogP contribution in [0.2, 0.25) is 0 Å². The molecule has 0 fully saturated rings. The maximum Gasteiger partial charge on any atom is 0.132 e. The Hall–Kier alpha value is -1.16. The molecule has 0 saturated carbocycles. The summed E-state index contributed by atoms with van der Waals surface area (Å²) in [5.74, 6) is 0.763. The van der Waals surface area contributed by atoms with Crippen LogP contribution in [0.25, 0.3) is 0 Å². The molecule has 1 aromatic rings. The van der Waals surface area contributed by atoms with E-state index in [1.165, 1.54) is 0 Å². The maximum atomic E-state index is 11.3. The van der Waals surface area contributed by atoms with Gasteiger partial charge >= 0.3 is 0 Å². The van der Waals surface area contributed by atoms with Gasteiger partial charge in [0.05, 0.1) is 23.7 Å². The molecule has 0 N–H and O–H groups in total. The van der Waals surface area contributed by atoms with Gasteiger partial charge in [0, 0.05) is 4.90 Å². The van der Waals surface area contributed by atoms with Crippen LogP contribution in [0.15, 0.2) is 29.2 Å². The van der Waals surface area contributed by atoms with Crippen LogP contribution in [-0.2, 0) is 15.6 Å². The molecule has 0 aliphatic carbocycles. The van der Waals surface area contributed by atoms with Gasteiger partial charge in [0.2, 0.25) is 0 Å². The summed E-state index contributed by atoms with van der Waals surface area (Å²) in [6, 6.07) is 6.83. The van der Waals surface area contributed by atoms with Gasteiger partial charge in [0.25, 0.3) is 0 Å². The smallest absolute Gasteiger partial charge is 0.132 e. The molecule has 13 heavy (non-hydrogen) atoms. The summed E-state index contributed by atoms with van der Waals surface area (Å²) in [5, 5.41) is 0. The Morgan fingerprint density at radius 2 is 2.00 bits per heavy atom. The van der Waals surface area contributed by atoms with E-state index in [9.17, 15) is 9.00 Å². The van der Waals surface area contributed by atoms with E-state index in [0.29, 0.717) is 16.9 Å². The van der Waals surface area contributed by atoms with E-state index in [1.807, 2.05) is 0 Å². The Balaban J connectivity index is 2.79. The monoisotopic (exact) mass is 198 g/mol. The van der Waals surface area contributed by atoms with Crippen molar-refractivity contribution in [3.8, 4) is 5.75 Å². The molecule has 1 unspecified atom stereocenters. The number of rotatable bonds is 4. The van der Waals surface area contributed by atoms with Crippen molar-refractivity contribution in [3.05, 3.63) is 24.3 Å². The summed E-state index contributed by atoms with van der Waals surface area (Å²) in [7, 11) is 0.350. The molecular weight excluding hydrogens is 188 g/mol. The zero-order valence-corrected chi connectivity index (χ0v) is 8.04. The third-order valence-corrected chi connectivity index (χ3v) is 2.78. The second-order valence-corrected chi connectivity index (χ2v) is 3.85. The number of hydrogen-bond acceptors (Lipinski definition) is 3. The Kier molecular flexibility index (Phi) is 3.64. The summed E-state index contributed by atoms with van der Waals surface area (Å²) < 4.78 is 16.2. The molecule has 0 saturated heterocycles. The van der Waals surface area contributed by atoms with Gasteiger partial charge in [-0.1, -0.05) is 0 Å². The fraction of sp³-hybridized carbons (Fsp3) is 0.222. The van der Waals surface area contributed by atoms with Crippen molar-refractivity contribution in [2.24, 2.45) is 0 Å². The minimum atomic E-state index is -1.22. The molecule has 4 heteroatoms. The molecule has 0 aromatic heterocycles. The average Bonchev–Trinajstić information content (AvgIpc) is 2.18. The van der Waals surface area contributed by atoms with Crippen molar-refractivity contribution >= 4 is 17.1 Å². The van der Waals surface area contributed by atoms with Gasteiger partial charge in [-0.2, -0.15) is 0 Å². The van der Waals surface area contributed by atoms with E-state index in [4.69, 9.17) is 4.74 Å². The van der Waals surface area contributed by atoms with Crippen LogP contribution < -0.4 is 4.74 Å². The highest BCUT2D eigenvalue weighted by Crippen LogP contribution is 2.13. The predicted molar refractivity (Wildman–Crippen MR) is 50.3 cm³/mol. The summed E-state index contributed by atoms with van der Waals surface area (Å²) in [6.45, 7) is 0. The van der Waals surface area contributed by atoms with Crippen LogP contribution in [0, 0.1) is 0 Å². The lowest BCUT2D eigenvalue weighted by atomic mass is 10.3. The second-order valence-electron chi connectivity index (χ2n) is 2.35. The zero-order chi connectivity index (χ0) is 9.68. The SMILES string of the molecule is COc1ccc(S(=O)CC=O)cc1. The number of hydrogen-bond donors (Lipinski definition) is 0. The molecule has 0 spiro atoms. The molecule has 0 heterocycles. The molecule has 1 rings (SSSR count). The van der Waals surface area contributed by atoms with Gasteiger partial charge < -0.3 is 9.53 Å². The highest BCUT2D eigenvalue weighted by Gasteiger charge is 2.01. The summed E-state index contributed by atoms with van der Waals surface area (Å²) in [4.78, 5) is 10.7. The van der Waals surface area contributed by atoms with Crippen molar-refractivity contribution in [2.45, 2.75) is 4.90 Å². The molecular formula is C9H10O3S. The molecule has 0 aliphatic rings. The summed E-state index contributed by atoms with van der Waals surface area (Å²) in [5.41, 5.74) is 0. The molecule has 0 aliphatic heterocycles. The quantitative estimate of drug-likeness (QED) is 0.678. The first kappa shape index (κ1) is 9.92. The molecule has 1 aromatic carbocycles. The minimum absolute atomic E-state index is 0.0479. The van der Waals surface area contributed by atoms with Gasteiger partial charge in [-0.25, -0.2) is 0 Å². The predicted octanol–water partition coefficient (Wildman–Crippen LogP) is 1.00. The molecule has 1 atom stereocenters. The van der Waals surface area contributed by atoms with Gasteiger partial charge in [0.15, 0.2) is 0 Å². The summed E-state index contributed by atoms with van der Waals surface area (Å²) in [6.07, 6.45) is 0.653. The van der Waals surface area contributed by atoms with Crippen molar-refractivity contribution in [2.75, 3.05) is 12.9 Å². The van der Waals surface area contributed by atoms with E-state index < -0.39 is 10.8 Å². The number of methoxy groups -OCH3 is 1. The van der Waals surface area contributed by atoms with E-state index in [1.54, 1.807) is 31.4 Å². The van der Waals surface area contributed by atoms with Crippen molar-refractivity contribution in [3.63, 3.8) is 0 Å². The molecule has 0 bridgehead atoms. The average molecular weight is 198 g/mol.